The molecule has 2 aliphatic carbocycles. The van der Waals surface area contributed by atoms with Crippen molar-refractivity contribution in [2.45, 2.75) is 31.7 Å². The molecular formula is C15H20N2O2. The smallest absolute Gasteiger partial charge is 0.137 e. The topological polar surface area (TPSA) is 54.4 Å². The van der Waals surface area contributed by atoms with Crippen molar-refractivity contribution in [1.29, 1.82) is 0 Å². The van der Waals surface area contributed by atoms with E-state index < -0.39 is 0 Å². The van der Waals surface area contributed by atoms with E-state index in [1.54, 1.807) is 6.20 Å². The summed E-state index contributed by atoms with van der Waals surface area (Å²) in [7, 11) is 0. The van der Waals surface area contributed by atoms with E-state index in [0.29, 0.717) is 18.1 Å². The van der Waals surface area contributed by atoms with Crippen LogP contribution in [0, 0.1) is 10.8 Å². The zero-order chi connectivity index (χ0) is 12.9. The second-order valence-electron chi connectivity index (χ2n) is 6.53. The highest BCUT2D eigenvalue weighted by Gasteiger charge is 2.81. The van der Waals surface area contributed by atoms with Gasteiger partial charge in [0.2, 0.25) is 0 Å². The molecular weight excluding hydrogens is 240 g/mol. The number of aliphatic hydroxyl groups is 1. The van der Waals surface area contributed by atoms with Crippen LogP contribution in [-0.2, 0) is 6.42 Å². The first-order valence-electron chi connectivity index (χ1n) is 7.16. The second kappa shape index (κ2) is 3.93. The van der Waals surface area contributed by atoms with Crippen molar-refractivity contribution in [3.05, 3.63) is 24.0 Å². The molecule has 1 aromatic rings. The Bertz CT molecular complexity index is 493. The van der Waals surface area contributed by atoms with Crippen LogP contribution in [0.25, 0.3) is 0 Å². The summed E-state index contributed by atoms with van der Waals surface area (Å²) in [5, 5.41) is 12.7. The predicted molar refractivity (Wildman–Crippen MR) is 71.0 cm³/mol. The van der Waals surface area contributed by atoms with E-state index in [1.165, 1.54) is 24.8 Å². The van der Waals surface area contributed by atoms with Crippen molar-refractivity contribution in [2.24, 2.45) is 10.8 Å². The molecule has 4 rings (SSSR count). The summed E-state index contributed by atoms with van der Waals surface area (Å²) in [6.45, 7) is 2.19. The van der Waals surface area contributed by atoms with Gasteiger partial charge in [0.1, 0.15) is 12.4 Å². The van der Waals surface area contributed by atoms with Crippen LogP contribution in [0.4, 0.5) is 0 Å². The molecule has 0 amide bonds. The highest BCUT2D eigenvalue weighted by atomic mass is 16.5. The van der Waals surface area contributed by atoms with E-state index in [4.69, 9.17) is 4.74 Å². The largest absolute Gasteiger partial charge is 0.490 e. The van der Waals surface area contributed by atoms with Gasteiger partial charge in [0.15, 0.2) is 0 Å². The van der Waals surface area contributed by atoms with Crippen LogP contribution in [0.3, 0.4) is 0 Å². The monoisotopic (exact) mass is 260 g/mol. The van der Waals surface area contributed by atoms with Gasteiger partial charge in [-0.25, -0.2) is 0 Å². The maximum Gasteiger partial charge on any atom is 0.137 e. The molecule has 3 fully saturated rings. The molecule has 0 spiro atoms. The van der Waals surface area contributed by atoms with E-state index in [9.17, 15) is 5.11 Å². The molecule has 1 aromatic heterocycles. The Morgan fingerprint density at radius 2 is 2.21 bits per heavy atom. The van der Waals surface area contributed by atoms with Crippen LogP contribution in [0.5, 0.6) is 5.75 Å². The summed E-state index contributed by atoms with van der Waals surface area (Å²) in [6.07, 6.45) is 8.34. The third-order valence-corrected chi connectivity index (χ3v) is 5.22. The highest BCUT2D eigenvalue weighted by molar-refractivity contribution is 5.36. The van der Waals surface area contributed by atoms with Gasteiger partial charge in [-0.05, 0) is 49.3 Å². The minimum absolute atomic E-state index is 0.277. The third kappa shape index (κ3) is 1.85. The fourth-order valence-electron chi connectivity index (χ4n) is 3.46. The van der Waals surface area contributed by atoms with E-state index in [1.807, 2.05) is 6.20 Å². The third-order valence-electron chi connectivity index (χ3n) is 5.22. The zero-order valence-electron chi connectivity index (χ0n) is 11.1. The van der Waals surface area contributed by atoms with Crippen LogP contribution >= 0.6 is 0 Å². The Hall–Kier alpha value is -1.13. The van der Waals surface area contributed by atoms with E-state index in [0.717, 1.165) is 25.3 Å². The summed E-state index contributed by atoms with van der Waals surface area (Å²) >= 11 is 0. The maximum atomic E-state index is 9.34. The number of hydrogen-bond acceptors (Lipinski definition) is 4. The minimum Gasteiger partial charge on any atom is -0.490 e. The summed E-state index contributed by atoms with van der Waals surface area (Å²) in [5.74, 6) is 0.874. The molecule has 4 nitrogen and oxygen atoms in total. The lowest BCUT2D eigenvalue weighted by Crippen LogP contribution is -2.46. The Morgan fingerprint density at radius 1 is 1.37 bits per heavy atom. The molecule has 2 N–H and O–H groups in total. The molecule has 1 atom stereocenters. The first-order valence-corrected chi connectivity index (χ1v) is 7.16. The summed E-state index contributed by atoms with van der Waals surface area (Å²) in [4.78, 5) is 4.28. The number of pyridine rings is 1. The molecule has 0 bridgehead atoms. The lowest BCUT2D eigenvalue weighted by atomic mass is 10.0. The molecule has 2 saturated carbocycles. The Morgan fingerprint density at radius 3 is 2.84 bits per heavy atom. The number of fused-ring (bicyclic) bond motifs is 1. The lowest BCUT2D eigenvalue weighted by Gasteiger charge is -2.27. The SMILES string of the molecule is OCC12CC1(Cc1cncc(OC[C@@H]3CCN3)c1)C2. The average Bonchev–Trinajstić information content (AvgIpc) is 3.13. The first-order chi connectivity index (χ1) is 9.25. The summed E-state index contributed by atoms with van der Waals surface area (Å²) in [6, 6.07) is 2.62. The average molecular weight is 260 g/mol. The molecule has 102 valence electrons. The van der Waals surface area contributed by atoms with Gasteiger partial charge in [-0.2, -0.15) is 0 Å². The maximum absolute atomic E-state index is 9.34. The Labute approximate surface area is 113 Å². The number of hydrogen-bond donors (Lipinski definition) is 2. The van der Waals surface area contributed by atoms with Gasteiger partial charge in [0.25, 0.3) is 0 Å². The number of nitrogens with one attached hydrogen (secondary N) is 1. The quantitative estimate of drug-likeness (QED) is 0.805. The number of rotatable bonds is 6. The van der Waals surface area contributed by atoms with Gasteiger partial charge in [0.05, 0.1) is 6.20 Å². The highest BCUT2D eigenvalue weighted by Crippen LogP contribution is 2.86. The fraction of sp³-hybridized carbons (Fsp3) is 0.667. The van der Waals surface area contributed by atoms with Crippen molar-refractivity contribution in [3.63, 3.8) is 0 Å². The van der Waals surface area contributed by atoms with Gasteiger partial charge < -0.3 is 15.2 Å². The number of nitrogens with zero attached hydrogens (tertiary/aromatic N) is 1. The fourth-order valence-corrected chi connectivity index (χ4v) is 3.46. The second-order valence-corrected chi connectivity index (χ2v) is 6.53. The molecule has 1 aliphatic heterocycles. The summed E-state index contributed by atoms with van der Waals surface area (Å²) < 4.78 is 5.78. The Balaban J connectivity index is 1.37. The van der Waals surface area contributed by atoms with Gasteiger partial charge in [-0.15, -0.1) is 0 Å². The van der Waals surface area contributed by atoms with Crippen LogP contribution < -0.4 is 10.1 Å². The molecule has 0 radical (unpaired) electrons. The molecule has 0 unspecified atom stereocenters. The molecule has 19 heavy (non-hydrogen) atoms. The van der Waals surface area contributed by atoms with Gasteiger partial charge >= 0.3 is 0 Å². The van der Waals surface area contributed by atoms with Crippen LogP contribution in [0.1, 0.15) is 24.8 Å². The normalized spacial score (nSPS) is 38.3. The minimum atomic E-state index is 0.277. The van der Waals surface area contributed by atoms with E-state index in [2.05, 4.69) is 16.4 Å². The van der Waals surface area contributed by atoms with Gasteiger partial charge in [0, 0.05) is 24.3 Å². The van der Waals surface area contributed by atoms with Crippen LogP contribution in [-0.4, -0.2) is 35.9 Å². The lowest BCUT2D eigenvalue weighted by molar-refractivity contribution is 0.216. The predicted octanol–water partition coefficient (Wildman–Crippen LogP) is 1.14. The van der Waals surface area contributed by atoms with Crippen molar-refractivity contribution in [1.82, 2.24) is 10.3 Å². The van der Waals surface area contributed by atoms with Crippen molar-refractivity contribution < 1.29 is 9.84 Å². The molecule has 4 heteroatoms. The molecule has 3 aliphatic rings. The van der Waals surface area contributed by atoms with Crippen LogP contribution in [0.2, 0.25) is 0 Å². The van der Waals surface area contributed by atoms with Crippen molar-refractivity contribution >= 4 is 0 Å². The number of aromatic nitrogens is 1. The summed E-state index contributed by atoms with van der Waals surface area (Å²) in [5.41, 5.74) is 1.92. The molecule has 0 aromatic carbocycles. The molecule has 2 heterocycles. The zero-order valence-corrected chi connectivity index (χ0v) is 11.1. The van der Waals surface area contributed by atoms with Crippen LogP contribution in [0.15, 0.2) is 18.5 Å². The van der Waals surface area contributed by atoms with Crippen molar-refractivity contribution in [2.75, 3.05) is 19.8 Å². The number of ether oxygens (including phenoxy) is 1. The first kappa shape index (κ1) is 11.7. The van der Waals surface area contributed by atoms with Crippen molar-refractivity contribution in [3.8, 4) is 5.75 Å². The number of aliphatic hydroxyl groups excluding tert-OH is 1. The van der Waals surface area contributed by atoms with Gasteiger partial charge in [-0.1, -0.05) is 0 Å². The van der Waals surface area contributed by atoms with Gasteiger partial charge in [-0.3, -0.25) is 4.98 Å². The standard InChI is InChI=1S/C15H20N2O2/c18-10-15-8-14(15,9-15)4-11-3-13(6-16-5-11)19-7-12-1-2-17-12/h3,5-6,12,17-18H,1-2,4,7-10H2/t12-,14?,15?/m0/s1. The molecule has 1 saturated heterocycles. The van der Waals surface area contributed by atoms with E-state index in [-0.39, 0.29) is 5.41 Å². The van der Waals surface area contributed by atoms with E-state index >= 15 is 0 Å². The Kier molecular flexibility index (Phi) is 2.42.